The van der Waals surface area contributed by atoms with Gasteiger partial charge in [-0.15, -0.1) is 0 Å². The summed E-state index contributed by atoms with van der Waals surface area (Å²) in [6.07, 6.45) is 3.23. The molecular weight excluding hydrogens is 294 g/mol. The summed E-state index contributed by atoms with van der Waals surface area (Å²) in [7, 11) is 0. The molecule has 86 valence electrons. The van der Waals surface area contributed by atoms with E-state index in [0.717, 1.165) is 4.47 Å². The lowest BCUT2D eigenvalue weighted by molar-refractivity contribution is 1.15. The fraction of sp³-hybridized carbons (Fsp3) is 0. The molecule has 0 bridgehead atoms. The van der Waals surface area contributed by atoms with E-state index in [1.54, 1.807) is 30.6 Å². The smallest absolute Gasteiger partial charge is 0.227 e. The standard InChI is InChI=1S/C12H6BrN5/c13-10-6-16-12(17-7-10)18-11-2-1-8(4-14)9(3-11)5-15/h1-3,6-7H,(H,16,17,18). The molecule has 0 saturated carbocycles. The molecule has 0 radical (unpaired) electrons. The summed E-state index contributed by atoms with van der Waals surface area (Å²) in [5.74, 6) is 0.423. The Morgan fingerprint density at radius 2 is 1.72 bits per heavy atom. The molecule has 1 heterocycles. The molecule has 0 saturated heterocycles. The number of nitriles is 2. The Hall–Kier alpha value is -2.44. The van der Waals surface area contributed by atoms with Crippen molar-refractivity contribution in [1.82, 2.24) is 9.97 Å². The predicted molar refractivity (Wildman–Crippen MR) is 68.9 cm³/mol. The quantitative estimate of drug-likeness (QED) is 0.921. The van der Waals surface area contributed by atoms with Crippen LogP contribution in [0.3, 0.4) is 0 Å². The Balaban J connectivity index is 2.28. The van der Waals surface area contributed by atoms with Gasteiger partial charge in [0.05, 0.1) is 15.6 Å². The first-order valence-electron chi connectivity index (χ1n) is 4.92. The number of hydrogen-bond acceptors (Lipinski definition) is 5. The highest BCUT2D eigenvalue weighted by Crippen LogP contribution is 2.18. The van der Waals surface area contributed by atoms with Crippen molar-refractivity contribution in [3.63, 3.8) is 0 Å². The third kappa shape index (κ3) is 2.62. The zero-order chi connectivity index (χ0) is 13.0. The van der Waals surface area contributed by atoms with E-state index in [-0.39, 0.29) is 0 Å². The minimum absolute atomic E-state index is 0.319. The van der Waals surface area contributed by atoms with Gasteiger partial charge in [0.2, 0.25) is 5.95 Å². The summed E-state index contributed by atoms with van der Waals surface area (Å²) in [5.41, 5.74) is 1.33. The summed E-state index contributed by atoms with van der Waals surface area (Å²) >= 11 is 3.24. The second-order valence-electron chi connectivity index (χ2n) is 3.33. The van der Waals surface area contributed by atoms with Crippen LogP contribution in [-0.4, -0.2) is 9.97 Å². The fourth-order valence-electron chi connectivity index (χ4n) is 1.32. The molecule has 1 aromatic heterocycles. The van der Waals surface area contributed by atoms with Gasteiger partial charge in [0.1, 0.15) is 12.1 Å². The van der Waals surface area contributed by atoms with Crippen LogP contribution in [-0.2, 0) is 0 Å². The molecule has 18 heavy (non-hydrogen) atoms. The van der Waals surface area contributed by atoms with Gasteiger partial charge < -0.3 is 5.32 Å². The monoisotopic (exact) mass is 299 g/mol. The van der Waals surface area contributed by atoms with E-state index in [0.29, 0.717) is 22.8 Å². The highest BCUT2D eigenvalue weighted by atomic mass is 79.9. The van der Waals surface area contributed by atoms with Crippen molar-refractivity contribution in [3.05, 3.63) is 46.2 Å². The average Bonchev–Trinajstić information content (AvgIpc) is 2.41. The van der Waals surface area contributed by atoms with E-state index >= 15 is 0 Å². The van der Waals surface area contributed by atoms with Crippen LogP contribution in [0.15, 0.2) is 35.1 Å². The normalized spacial score (nSPS) is 9.28. The number of nitrogens with zero attached hydrogens (tertiary/aromatic N) is 4. The van der Waals surface area contributed by atoms with Crippen LogP contribution < -0.4 is 5.32 Å². The second kappa shape index (κ2) is 5.26. The Kier molecular flexibility index (Phi) is 3.52. The molecule has 0 atom stereocenters. The maximum atomic E-state index is 8.91. The van der Waals surface area contributed by atoms with Crippen LogP contribution in [0, 0.1) is 22.7 Å². The zero-order valence-electron chi connectivity index (χ0n) is 9.05. The highest BCUT2D eigenvalue weighted by Gasteiger charge is 2.04. The summed E-state index contributed by atoms with van der Waals surface area (Å²) in [5, 5.41) is 20.7. The fourth-order valence-corrected chi connectivity index (χ4v) is 1.52. The number of anilines is 2. The van der Waals surface area contributed by atoms with E-state index in [2.05, 4.69) is 31.2 Å². The third-order valence-electron chi connectivity index (χ3n) is 2.14. The van der Waals surface area contributed by atoms with Crippen molar-refractivity contribution in [2.45, 2.75) is 0 Å². The topological polar surface area (TPSA) is 85.4 Å². The molecule has 0 aliphatic carbocycles. The Labute approximate surface area is 112 Å². The van der Waals surface area contributed by atoms with Gasteiger partial charge in [-0.3, -0.25) is 0 Å². The van der Waals surface area contributed by atoms with E-state index in [9.17, 15) is 0 Å². The SMILES string of the molecule is N#Cc1ccc(Nc2ncc(Br)cn2)cc1C#N. The number of benzene rings is 1. The molecule has 6 heteroatoms. The minimum Gasteiger partial charge on any atom is -0.324 e. The van der Waals surface area contributed by atoms with Gasteiger partial charge in [-0.1, -0.05) is 0 Å². The molecule has 0 unspecified atom stereocenters. The lowest BCUT2D eigenvalue weighted by atomic mass is 10.1. The summed E-state index contributed by atoms with van der Waals surface area (Å²) in [6, 6.07) is 8.80. The zero-order valence-corrected chi connectivity index (χ0v) is 10.6. The van der Waals surface area contributed by atoms with Crippen molar-refractivity contribution in [2.75, 3.05) is 5.32 Å². The number of nitrogens with one attached hydrogen (secondary N) is 1. The number of aromatic nitrogens is 2. The molecule has 1 N–H and O–H groups in total. The lowest BCUT2D eigenvalue weighted by Crippen LogP contribution is -1.97. The number of halogens is 1. The van der Waals surface area contributed by atoms with E-state index in [1.807, 2.05) is 12.1 Å². The van der Waals surface area contributed by atoms with Gasteiger partial charge >= 0.3 is 0 Å². The molecule has 2 rings (SSSR count). The van der Waals surface area contributed by atoms with Gasteiger partial charge in [0.15, 0.2) is 0 Å². The van der Waals surface area contributed by atoms with Crippen LogP contribution in [0.4, 0.5) is 11.6 Å². The molecule has 0 spiro atoms. The molecular formula is C12H6BrN5. The minimum atomic E-state index is 0.319. The predicted octanol–water partition coefficient (Wildman–Crippen LogP) is 2.73. The van der Waals surface area contributed by atoms with Crippen LogP contribution in [0.2, 0.25) is 0 Å². The lowest BCUT2D eigenvalue weighted by Gasteiger charge is -2.05. The van der Waals surface area contributed by atoms with Gasteiger partial charge in [-0.2, -0.15) is 10.5 Å². The van der Waals surface area contributed by atoms with Crippen molar-refractivity contribution in [3.8, 4) is 12.1 Å². The first-order chi connectivity index (χ1) is 8.72. The van der Waals surface area contributed by atoms with Crippen molar-refractivity contribution in [1.29, 1.82) is 10.5 Å². The molecule has 2 aromatic rings. The van der Waals surface area contributed by atoms with Crippen molar-refractivity contribution in [2.24, 2.45) is 0 Å². The van der Waals surface area contributed by atoms with Crippen LogP contribution >= 0.6 is 15.9 Å². The molecule has 5 nitrogen and oxygen atoms in total. The Morgan fingerprint density at radius 1 is 1.06 bits per heavy atom. The maximum absolute atomic E-state index is 8.91. The third-order valence-corrected chi connectivity index (χ3v) is 2.55. The van der Waals surface area contributed by atoms with Gasteiger partial charge in [-0.25, -0.2) is 9.97 Å². The Morgan fingerprint density at radius 3 is 2.33 bits per heavy atom. The summed E-state index contributed by atoms with van der Waals surface area (Å²) in [4.78, 5) is 8.11. The van der Waals surface area contributed by atoms with Crippen LogP contribution in [0.1, 0.15) is 11.1 Å². The Bertz CT molecular complexity index is 652. The first kappa shape index (κ1) is 12.0. The number of hydrogen-bond donors (Lipinski definition) is 1. The average molecular weight is 300 g/mol. The van der Waals surface area contributed by atoms with Crippen molar-refractivity contribution >= 4 is 27.6 Å². The van der Waals surface area contributed by atoms with Gasteiger partial charge in [0, 0.05) is 18.1 Å². The molecule has 0 aliphatic rings. The number of rotatable bonds is 2. The van der Waals surface area contributed by atoms with E-state index in [4.69, 9.17) is 10.5 Å². The first-order valence-corrected chi connectivity index (χ1v) is 5.71. The highest BCUT2D eigenvalue weighted by molar-refractivity contribution is 9.10. The van der Waals surface area contributed by atoms with Gasteiger partial charge in [-0.05, 0) is 34.1 Å². The second-order valence-corrected chi connectivity index (χ2v) is 4.25. The van der Waals surface area contributed by atoms with Gasteiger partial charge in [0.25, 0.3) is 0 Å². The van der Waals surface area contributed by atoms with E-state index < -0.39 is 0 Å². The van der Waals surface area contributed by atoms with Crippen molar-refractivity contribution < 1.29 is 0 Å². The van der Waals surface area contributed by atoms with Crippen LogP contribution in [0.5, 0.6) is 0 Å². The van der Waals surface area contributed by atoms with E-state index in [1.165, 1.54) is 0 Å². The molecule has 0 amide bonds. The maximum Gasteiger partial charge on any atom is 0.227 e. The largest absolute Gasteiger partial charge is 0.324 e. The summed E-state index contributed by atoms with van der Waals surface area (Å²) in [6.45, 7) is 0. The molecule has 1 aromatic carbocycles. The molecule has 0 aliphatic heterocycles. The van der Waals surface area contributed by atoms with Crippen LogP contribution in [0.25, 0.3) is 0 Å². The molecule has 0 fully saturated rings. The summed E-state index contributed by atoms with van der Waals surface area (Å²) < 4.78 is 0.783.